The summed E-state index contributed by atoms with van der Waals surface area (Å²) in [7, 11) is 1.89. The average molecular weight is 275 g/mol. The van der Waals surface area contributed by atoms with Crippen LogP contribution >= 0.6 is 0 Å². The Morgan fingerprint density at radius 1 is 1.50 bits per heavy atom. The third-order valence-electron chi connectivity index (χ3n) is 4.07. The van der Waals surface area contributed by atoms with Crippen molar-refractivity contribution in [1.29, 1.82) is 0 Å². The van der Waals surface area contributed by atoms with Gasteiger partial charge in [0, 0.05) is 30.9 Å². The Balaban J connectivity index is 2.10. The van der Waals surface area contributed by atoms with Gasteiger partial charge in [-0.2, -0.15) is 0 Å². The smallest absolute Gasteiger partial charge is 0.339 e. The summed E-state index contributed by atoms with van der Waals surface area (Å²) in [5.74, 6) is -0.985. The SMILES string of the molecule is CN(c1c(C(=O)O)cnc2[nH]ccc12)[C@H]1CC[C@H](O)C1. The number of nitrogens with zero attached hydrogens (tertiary/aromatic N) is 2. The second-order valence-electron chi connectivity index (χ2n) is 5.30. The number of pyridine rings is 1. The largest absolute Gasteiger partial charge is 0.478 e. The molecule has 0 aromatic carbocycles. The van der Waals surface area contributed by atoms with Crippen molar-refractivity contribution < 1.29 is 15.0 Å². The maximum Gasteiger partial charge on any atom is 0.339 e. The average Bonchev–Trinajstić information content (AvgIpc) is 3.04. The Kier molecular flexibility index (Phi) is 3.10. The topological polar surface area (TPSA) is 89.5 Å². The first-order valence-electron chi connectivity index (χ1n) is 6.68. The molecule has 0 bridgehead atoms. The number of anilines is 1. The van der Waals surface area contributed by atoms with Crippen LogP contribution in [0.5, 0.6) is 0 Å². The van der Waals surface area contributed by atoms with E-state index in [1.54, 1.807) is 6.20 Å². The number of nitrogens with one attached hydrogen (secondary N) is 1. The van der Waals surface area contributed by atoms with Crippen LogP contribution in [-0.4, -0.2) is 45.3 Å². The quantitative estimate of drug-likeness (QED) is 0.792. The Morgan fingerprint density at radius 3 is 2.95 bits per heavy atom. The van der Waals surface area contributed by atoms with Crippen molar-refractivity contribution in [2.24, 2.45) is 0 Å². The molecule has 1 aliphatic carbocycles. The van der Waals surface area contributed by atoms with Gasteiger partial charge in [0.15, 0.2) is 0 Å². The Morgan fingerprint density at radius 2 is 2.30 bits per heavy atom. The number of carbonyl (C=O) groups is 1. The molecule has 1 aliphatic rings. The Bertz CT molecular complexity index is 652. The molecule has 1 saturated carbocycles. The highest BCUT2D eigenvalue weighted by molar-refractivity contribution is 6.03. The van der Waals surface area contributed by atoms with Crippen molar-refractivity contribution in [3.63, 3.8) is 0 Å². The standard InChI is InChI=1S/C14H17N3O3/c1-17(8-2-3-9(18)6-8)12-10-4-5-15-13(10)16-7-11(12)14(19)20/h4-5,7-9,18H,2-3,6H2,1H3,(H,15,16)(H,19,20)/t8-,9-/m0/s1. The first-order chi connectivity index (χ1) is 9.58. The van der Waals surface area contributed by atoms with Crippen LogP contribution in [0.25, 0.3) is 11.0 Å². The summed E-state index contributed by atoms with van der Waals surface area (Å²) >= 11 is 0. The maximum absolute atomic E-state index is 11.4. The van der Waals surface area contributed by atoms with Gasteiger partial charge in [-0.25, -0.2) is 9.78 Å². The van der Waals surface area contributed by atoms with E-state index in [1.807, 2.05) is 18.0 Å². The summed E-state index contributed by atoms with van der Waals surface area (Å²) in [4.78, 5) is 20.5. The number of aromatic nitrogens is 2. The lowest BCUT2D eigenvalue weighted by Gasteiger charge is -2.28. The molecule has 6 heteroatoms. The van der Waals surface area contributed by atoms with Crippen LogP contribution in [0.3, 0.4) is 0 Å². The van der Waals surface area contributed by atoms with Gasteiger partial charge in [0.05, 0.1) is 11.8 Å². The van der Waals surface area contributed by atoms with E-state index in [-0.39, 0.29) is 17.7 Å². The molecular formula is C14H17N3O3. The van der Waals surface area contributed by atoms with E-state index < -0.39 is 5.97 Å². The van der Waals surface area contributed by atoms with Gasteiger partial charge in [-0.1, -0.05) is 0 Å². The molecule has 6 nitrogen and oxygen atoms in total. The molecular weight excluding hydrogens is 258 g/mol. The summed E-state index contributed by atoms with van der Waals surface area (Å²) < 4.78 is 0. The van der Waals surface area contributed by atoms with E-state index in [1.165, 1.54) is 6.20 Å². The summed E-state index contributed by atoms with van der Waals surface area (Å²) in [6.07, 6.45) is 5.15. The molecule has 3 rings (SSSR count). The summed E-state index contributed by atoms with van der Waals surface area (Å²) in [6, 6.07) is 2.00. The second-order valence-corrected chi connectivity index (χ2v) is 5.30. The van der Waals surface area contributed by atoms with Gasteiger partial charge in [-0.05, 0) is 25.3 Å². The molecule has 0 amide bonds. The van der Waals surface area contributed by atoms with Crippen molar-refractivity contribution >= 4 is 22.7 Å². The summed E-state index contributed by atoms with van der Waals surface area (Å²) in [5, 5.41) is 19.9. The molecule has 0 radical (unpaired) electrons. The van der Waals surface area contributed by atoms with Gasteiger partial charge in [0.25, 0.3) is 0 Å². The van der Waals surface area contributed by atoms with Crippen LogP contribution in [-0.2, 0) is 0 Å². The predicted octanol–water partition coefficient (Wildman–Crippen LogP) is 1.61. The minimum Gasteiger partial charge on any atom is -0.478 e. The molecule has 2 heterocycles. The van der Waals surface area contributed by atoms with Crippen molar-refractivity contribution in [3.05, 3.63) is 24.0 Å². The minimum atomic E-state index is -0.985. The lowest BCUT2D eigenvalue weighted by molar-refractivity contribution is 0.0697. The lowest BCUT2D eigenvalue weighted by atomic mass is 10.1. The number of carboxylic acid groups (broad SMARTS) is 1. The normalized spacial score (nSPS) is 22.3. The summed E-state index contributed by atoms with van der Waals surface area (Å²) in [6.45, 7) is 0. The molecule has 3 N–H and O–H groups in total. The zero-order valence-electron chi connectivity index (χ0n) is 11.2. The Labute approximate surface area is 116 Å². The van der Waals surface area contributed by atoms with Crippen LogP contribution in [0, 0.1) is 0 Å². The number of H-pyrrole nitrogens is 1. The Hall–Kier alpha value is -2.08. The highest BCUT2D eigenvalue weighted by Crippen LogP contribution is 2.34. The van der Waals surface area contributed by atoms with Crippen molar-refractivity contribution in [2.75, 3.05) is 11.9 Å². The number of fused-ring (bicyclic) bond motifs is 1. The van der Waals surface area contributed by atoms with E-state index in [4.69, 9.17) is 0 Å². The van der Waals surface area contributed by atoms with E-state index >= 15 is 0 Å². The zero-order valence-corrected chi connectivity index (χ0v) is 11.2. The monoisotopic (exact) mass is 275 g/mol. The maximum atomic E-state index is 11.4. The molecule has 2 aromatic heterocycles. The fourth-order valence-corrected chi connectivity index (χ4v) is 3.00. The number of aliphatic hydroxyl groups is 1. The number of hydrogen-bond acceptors (Lipinski definition) is 4. The molecule has 2 aromatic rings. The third-order valence-corrected chi connectivity index (χ3v) is 4.07. The van der Waals surface area contributed by atoms with Gasteiger partial charge in [0.2, 0.25) is 0 Å². The highest BCUT2D eigenvalue weighted by Gasteiger charge is 2.29. The van der Waals surface area contributed by atoms with E-state index in [0.717, 1.165) is 18.2 Å². The number of hydrogen-bond donors (Lipinski definition) is 3. The lowest BCUT2D eigenvalue weighted by Crippen LogP contribution is -2.31. The molecule has 0 aliphatic heterocycles. The van der Waals surface area contributed by atoms with Gasteiger partial charge in [-0.3, -0.25) is 0 Å². The number of aromatic amines is 1. The fraction of sp³-hybridized carbons (Fsp3) is 0.429. The molecule has 0 spiro atoms. The highest BCUT2D eigenvalue weighted by atomic mass is 16.4. The number of rotatable bonds is 3. The zero-order chi connectivity index (χ0) is 14.3. The number of carboxylic acids is 1. The fourth-order valence-electron chi connectivity index (χ4n) is 3.00. The van der Waals surface area contributed by atoms with Crippen LogP contribution in [0.1, 0.15) is 29.6 Å². The predicted molar refractivity (Wildman–Crippen MR) is 75.1 cm³/mol. The van der Waals surface area contributed by atoms with E-state index in [2.05, 4.69) is 9.97 Å². The van der Waals surface area contributed by atoms with Gasteiger partial charge in [-0.15, -0.1) is 0 Å². The third kappa shape index (κ3) is 2.02. The number of aliphatic hydroxyl groups excluding tert-OH is 1. The van der Waals surface area contributed by atoms with Crippen LogP contribution in [0.2, 0.25) is 0 Å². The van der Waals surface area contributed by atoms with Gasteiger partial charge in [0.1, 0.15) is 11.2 Å². The molecule has 2 atom stereocenters. The first-order valence-corrected chi connectivity index (χ1v) is 6.68. The van der Waals surface area contributed by atoms with Crippen LogP contribution in [0.4, 0.5) is 5.69 Å². The van der Waals surface area contributed by atoms with Gasteiger partial charge >= 0.3 is 5.97 Å². The van der Waals surface area contributed by atoms with Crippen molar-refractivity contribution in [1.82, 2.24) is 9.97 Å². The van der Waals surface area contributed by atoms with Crippen LogP contribution < -0.4 is 4.90 Å². The van der Waals surface area contributed by atoms with Gasteiger partial charge < -0.3 is 20.1 Å². The molecule has 106 valence electrons. The molecule has 20 heavy (non-hydrogen) atoms. The minimum absolute atomic E-state index is 0.156. The summed E-state index contributed by atoms with van der Waals surface area (Å²) in [5.41, 5.74) is 1.54. The molecule has 0 saturated heterocycles. The second kappa shape index (κ2) is 4.79. The molecule has 1 fully saturated rings. The van der Waals surface area contributed by atoms with Crippen LogP contribution in [0.15, 0.2) is 18.5 Å². The molecule has 0 unspecified atom stereocenters. The van der Waals surface area contributed by atoms with E-state index in [9.17, 15) is 15.0 Å². The number of aromatic carboxylic acids is 1. The van der Waals surface area contributed by atoms with E-state index in [0.29, 0.717) is 17.8 Å². The first kappa shape index (κ1) is 12.9. The van der Waals surface area contributed by atoms with Crippen molar-refractivity contribution in [2.45, 2.75) is 31.4 Å². The van der Waals surface area contributed by atoms with Crippen molar-refractivity contribution in [3.8, 4) is 0 Å².